The summed E-state index contributed by atoms with van der Waals surface area (Å²) in [6.07, 6.45) is -0.0936. The van der Waals surface area contributed by atoms with Gasteiger partial charge >= 0.3 is 0 Å². The van der Waals surface area contributed by atoms with Crippen molar-refractivity contribution in [3.63, 3.8) is 0 Å². The molecule has 0 spiro atoms. The van der Waals surface area contributed by atoms with E-state index >= 15 is 0 Å². The van der Waals surface area contributed by atoms with Crippen LogP contribution in [0.15, 0.2) is 24.3 Å². The van der Waals surface area contributed by atoms with Crippen LogP contribution in [0.4, 0.5) is 0 Å². The Morgan fingerprint density at radius 1 is 1.46 bits per heavy atom. The van der Waals surface area contributed by atoms with Crippen LogP contribution < -0.4 is 5.30 Å². The first kappa shape index (κ1) is 10.5. The van der Waals surface area contributed by atoms with Gasteiger partial charge in [-0.05, 0) is 18.1 Å². The van der Waals surface area contributed by atoms with Crippen LogP contribution in [0.25, 0.3) is 0 Å². The molecule has 1 aromatic carbocycles. The topological polar surface area (TPSA) is 57.5 Å². The van der Waals surface area contributed by atoms with E-state index in [9.17, 15) is 9.67 Å². The fourth-order valence-electron chi connectivity index (χ4n) is 1.20. The van der Waals surface area contributed by atoms with Crippen LogP contribution in [-0.4, -0.2) is 10.00 Å². The minimum absolute atomic E-state index is 0.363. The van der Waals surface area contributed by atoms with Crippen LogP contribution in [0.2, 0.25) is 0 Å². The van der Waals surface area contributed by atoms with Crippen molar-refractivity contribution in [3.05, 3.63) is 29.8 Å². The summed E-state index contributed by atoms with van der Waals surface area (Å²) < 4.78 is 10.9. The van der Waals surface area contributed by atoms with Crippen molar-refractivity contribution in [1.29, 1.82) is 0 Å². The quantitative estimate of drug-likeness (QED) is 0.721. The molecular weight excluding hydrogens is 187 g/mol. The Hall–Kier alpha value is -0.630. The zero-order valence-corrected chi connectivity index (χ0v) is 8.40. The molecule has 4 heteroatoms. The van der Waals surface area contributed by atoms with E-state index in [-0.39, 0.29) is 0 Å². The molecule has 0 bridgehead atoms. The van der Waals surface area contributed by atoms with Crippen molar-refractivity contribution in [2.75, 3.05) is 0 Å². The fraction of sp³-hybridized carbons (Fsp3) is 0.333. The summed E-state index contributed by atoms with van der Waals surface area (Å²) in [6.45, 7) is 1.83. The summed E-state index contributed by atoms with van der Waals surface area (Å²) in [5.74, 6) is 0. The average molecular weight is 200 g/mol. The lowest BCUT2D eigenvalue weighted by molar-refractivity contribution is 0.174. The number of aliphatic hydroxyl groups excluding tert-OH is 1. The van der Waals surface area contributed by atoms with Gasteiger partial charge in [0.1, 0.15) is 0 Å². The molecule has 0 radical (unpaired) electrons. The van der Waals surface area contributed by atoms with E-state index in [1.165, 1.54) is 0 Å². The number of hydrogen-bond donors (Lipinski definition) is 2. The summed E-state index contributed by atoms with van der Waals surface area (Å²) in [5, 5.41) is 9.89. The third-order valence-electron chi connectivity index (χ3n) is 1.94. The zero-order chi connectivity index (χ0) is 9.84. The first-order valence-corrected chi connectivity index (χ1v) is 5.52. The van der Waals surface area contributed by atoms with Crippen LogP contribution in [0.3, 0.4) is 0 Å². The molecular formula is C9H13O3P. The van der Waals surface area contributed by atoms with Gasteiger partial charge in [0.05, 0.1) is 6.10 Å². The van der Waals surface area contributed by atoms with Gasteiger partial charge in [-0.1, -0.05) is 25.1 Å². The molecule has 0 amide bonds. The highest BCUT2D eigenvalue weighted by Gasteiger charge is 2.12. The van der Waals surface area contributed by atoms with Gasteiger partial charge in [0, 0.05) is 5.30 Å². The highest BCUT2D eigenvalue weighted by Crippen LogP contribution is 2.22. The van der Waals surface area contributed by atoms with Gasteiger partial charge in [0.25, 0.3) is 0 Å². The smallest absolute Gasteiger partial charge is 0.218 e. The molecule has 0 saturated heterocycles. The largest absolute Gasteiger partial charge is 0.388 e. The molecule has 0 aromatic heterocycles. The van der Waals surface area contributed by atoms with Crippen molar-refractivity contribution in [3.8, 4) is 0 Å². The Morgan fingerprint density at radius 3 is 2.62 bits per heavy atom. The summed E-state index contributed by atoms with van der Waals surface area (Å²) >= 11 is 0. The fourth-order valence-corrected chi connectivity index (χ4v) is 1.94. The lowest BCUT2D eigenvalue weighted by atomic mass is 10.1. The minimum Gasteiger partial charge on any atom is -0.388 e. The average Bonchev–Trinajstić information content (AvgIpc) is 2.16. The second-order valence-corrected chi connectivity index (χ2v) is 3.97. The lowest BCUT2D eigenvalue weighted by Gasteiger charge is -2.11. The predicted octanol–water partition coefficient (Wildman–Crippen LogP) is 1.22. The Bertz CT molecular complexity index is 311. The standard InChI is InChI=1S/C9H13O3P/c1-2-8(10)7-5-3-4-6-9(7)13(11)12/h3-6,8,10,13H,2H2,1H3,(H,11,12). The monoisotopic (exact) mass is 200 g/mol. The minimum atomic E-state index is -2.71. The lowest BCUT2D eigenvalue weighted by Crippen LogP contribution is -2.09. The maximum absolute atomic E-state index is 10.9. The molecule has 13 heavy (non-hydrogen) atoms. The van der Waals surface area contributed by atoms with E-state index in [2.05, 4.69) is 0 Å². The zero-order valence-electron chi connectivity index (χ0n) is 7.40. The Kier molecular flexibility index (Phi) is 3.67. The second kappa shape index (κ2) is 4.56. The van der Waals surface area contributed by atoms with Gasteiger partial charge in [0.2, 0.25) is 8.03 Å². The van der Waals surface area contributed by atoms with Crippen molar-refractivity contribution >= 4 is 13.3 Å². The molecule has 0 aliphatic carbocycles. The summed E-state index contributed by atoms with van der Waals surface area (Å²) in [7, 11) is -2.71. The molecule has 2 N–H and O–H groups in total. The molecule has 0 saturated carbocycles. The number of rotatable bonds is 3. The second-order valence-electron chi connectivity index (χ2n) is 2.82. The number of benzene rings is 1. The van der Waals surface area contributed by atoms with Crippen molar-refractivity contribution in [2.45, 2.75) is 19.4 Å². The summed E-state index contributed by atoms with van der Waals surface area (Å²) in [4.78, 5) is 8.98. The van der Waals surface area contributed by atoms with E-state index in [1.807, 2.05) is 6.92 Å². The molecule has 0 heterocycles. The van der Waals surface area contributed by atoms with Crippen molar-refractivity contribution in [1.82, 2.24) is 0 Å². The molecule has 2 atom stereocenters. The van der Waals surface area contributed by atoms with Gasteiger partial charge in [0.15, 0.2) is 0 Å². The SMILES string of the molecule is CCC(O)c1ccccc1[PH](=O)O. The first-order valence-electron chi connectivity index (χ1n) is 4.17. The number of hydrogen-bond acceptors (Lipinski definition) is 2. The number of aliphatic hydroxyl groups is 1. The van der Waals surface area contributed by atoms with E-state index in [1.54, 1.807) is 24.3 Å². The summed E-state index contributed by atoms with van der Waals surface area (Å²) in [6, 6.07) is 6.71. The molecule has 0 fully saturated rings. The molecule has 2 unspecified atom stereocenters. The maximum atomic E-state index is 10.9. The predicted molar refractivity (Wildman–Crippen MR) is 52.5 cm³/mol. The van der Waals surface area contributed by atoms with Crippen molar-refractivity contribution < 1.29 is 14.6 Å². The summed E-state index contributed by atoms with van der Waals surface area (Å²) in [5.41, 5.74) is 0.566. The van der Waals surface area contributed by atoms with E-state index in [0.717, 1.165) is 0 Å². The molecule has 72 valence electrons. The van der Waals surface area contributed by atoms with Crippen LogP contribution in [0.5, 0.6) is 0 Å². The van der Waals surface area contributed by atoms with E-state index < -0.39 is 14.1 Å². The van der Waals surface area contributed by atoms with Crippen LogP contribution >= 0.6 is 8.03 Å². The van der Waals surface area contributed by atoms with E-state index in [0.29, 0.717) is 17.3 Å². The molecule has 0 aliphatic heterocycles. The molecule has 0 aliphatic rings. The van der Waals surface area contributed by atoms with Gasteiger partial charge < -0.3 is 10.00 Å². The van der Waals surface area contributed by atoms with Gasteiger partial charge in [-0.25, -0.2) is 0 Å². The van der Waals surface area contributed by atoms with Crippen LogP contribution in [0.1, 0.15) is 25.0 Å². The van der Waals surface area contributed by atoms with Gasteiger partial charge in [-0.3, -0.25) is 4.57 Å². The van der Waals surface area contributed by atoms with Gasteiger partial charge in [-0.2, -0.15) is 0 Å². The third-order valence-corrected chi connectivity index (χ3v) is 2.85. The molecule has 1 aromatic rings. The third kappa shape index (κ3) is 2.41. The maximum Gasteiger partial charge on any atom is 0.218 e. The highest BCUT2D eigenvalue weighted by molar-refractivity contribution is 7.47. The molecule has 1 rings (SSSR count). The molecule has 3 nitrogen and oxygen atoms in total. The first-order chi connectivity index (χ1) is 6.16. The van der Waals surface area contributed by atoms with Crippen LogP contribution in [0, 0.1) is 0 Å². The van der Waals surface area contributed by atoms with Crippen LogP contribution in [-0.2, 0) is 4.57 Å². The Labute approximate surface area is 77.9 Å². The van der Waals surface area contributed by atoms with E-state index in [4.69, 9.17) is 4.89 Å². The Balaban J connectivity index is 3.11. The van der Waals surface area contributed by atoms with Crippen molar-refractivity contribution in [2.24, 2.45) is 0 Å². The normalized spacial score (nSPS) is 15.3. The van der Waals surface area contributed by atoms with Gasteiger partial charge in [-0.15, -0.1) is 0 Å². The highest BCUT2D eigenvalue weighted by atomic mass is 31.1. The Morgan fingerprint density at radius 2 is 2.08 bits per heavy atom.